The quantitative estimate of drug-likeness (QED) is 0.657. The van der Waals surface area contributed by atoms with E-state index in [1.165, 1.54) is 64.7 Å². The lowest BCUT2D eigenvalue weighted by atomic mass is 9.71. The van der Waals surface area contributed by atoms with E-state index in [0.29, 0.717) is 0 Å². The van der Waals surface area contributed by atoms with E-state index < -0.39 is 10.4 Å². The monoisotopic (exact) mass is 332 g/mol. The van der Waals surface area contributed by atoms with Crippen molar-refractivity contribution in [2.24, 2.45) is 11.8 Å². The Bertz CT molecular complexity index is 448. The number of piperidine rings is 4. The minimum absolute atomic E-state index is 0.961. The van der Waals surface area contributed by atoms with Crippen LogP contribution in [0.4, 0.5) is 0 Å². The van der Waals surface area contributed by atoms with Gasteiger partial charge in [-0.2, -0.15) is 8.42 Å². The summed E-state index contributed by atoms with van der Waals surface area (Å²) in [7, 11) is -4.67. The predicted octanol–water partition coefficient (Wildman–Crippen LogP) is 1.69. The molecule has 0 spiro atoms. The highest BCUT2D eigenvalue weighted by Crippen LogP contribution is 2.42. The van der Waals surface area contributed by atoms with E-state index in [9.17, 15) is 0 Å². The Hall–Kier alpha value is -0.210. The summed E-state index contributed by atoms with van der Waals surface area (Å²) in [6, 6.07) is 1.92. The van der Waals surface area contributed by atoms with Crippen molar-refractivity contribution in [2.75, 3.05) is 26.2 Å². The van der Waals surface area contributed by atoms with Crippen molar-refractivity contribution >= 4 is 10.4 Å². The largest absolute Gasteiger partial charge is 0.394 e. The van der Waals surface area contributed by atoms with Gasteiger partial charge in [-0.15, -0.1) is 0 Å². The molecule has 0 aromatic heterocycles. The average molecular weight is 332 g/mol. The molecule has 0 aromatic carbocycles. The second-order valence-corrected chi connectivity index (χ2v) is 8.22. The second-order valence-electron chi connectivity index (χ2n) is 7.32. The Morgan fingerprint density at radius 1 is 0.773 bits per heavy atom. The van der Waals surface area contributed by atoms with Crippen LogP contribution in [0.25, 0.3) is 0 Å². The number of rotatable bonds is 0. The number of hydrogen-bond acceptors (Lipinski definition) is 4. The van der Waals surface area contributed by atoms with Gasteiger partial charge in [0.05, 0.1) is 0 Å². The summed E-state index contributed by atoms with van der Waals surface area (Å²) in [5.41, 5.74) is 0. The van der Waals surface area contributed by atoms with E-state index >= 15 is 0 Å². The predicted molar refractivity (Wildman–Crippen MR) is 84.2 cm³/mol. The summed E-state index contributed by atoms with van der Waals surface area (Å²) in [4.78, 5) is 5.74. The molecule has 0 aromatic rings. The molecular weight excluding hydrogens is 304 g/mol. The summed E-state index contributed by atoms with van der Waals surface area (Å²) < 4.78 is 31.6. The third kappa shape index (κ3) is 4.00. The standard InChI is InChI=1S/C15H26N2.H2O4S/c1-3-7-16-11-13-9-12(14(16)5-1)10-17-8-4-2-6-15(13)17;1-5(2,3)4/h12-15H,1-11H2;(H2,1,2,3,4)/t12?,13?,14-,15+;. The van der Waals surface area contributed by atoms with Crippen molar-refractivity contribution < 1.29 is 17.5 Å². The molecule has 128 valence electrons. The first-order valence-corrected chi connectivity index (χ1v) is 9.99. The Balaban J connectivity index is 0.000000254. The Morgan fingerprint density at radius 3 is 1.59 bits per heavy atom. The van der Waals surface area contributed by atoms with E-state index in [4.69, 9.17) is 17.5 Å². The van der Waals surface area contributed by atoms with Crippen LogP contribution in [0.3, 0.4) is 0 Å². The molecule has 4 fully saturated rings. The third-order valence-electron chi connectivity index (χ3n) is 5.96. The molecule has 4 heterocycles. The molecule has 2 N–H and O–H groups in total. The van der Waals surface area contributed by atoms with Gasteiger partial charge in [-0.3, -0.25) is 18.9 Å². The Morgan fingerprint density at radius 2 is 1.18 bits per heavy atom. The summed E-state index contributed by atoms with van der Waals surface area (Å²) in [5.74, 6) is 2.03. The van der Waals surface area contributed by atoms with E-state index in [1.807, 2.05) is 0 Å². The Labute approximate surface area is 133 Å². The highest BCUT2D eigenvalue weighted by atomic mass is 32.3. The van der Waals surface area contributed by atoms with Gasteiger partial charge in [0.25, 0.3) is 0 Å². The van der Waals surface area contributed by atoms with Crippen LogP contribution >= 0.6 is 0 Å². The normalized spacial score (nSPS) is 39.2. The maximum absolute atomic E-state index is 8.74. The number of nitrogens with zero attached hydrogens (tertiary/aromatic N) is 2. The summed E-state index contributed by atoms with van der Waals surface area (Å²) >= 11 is 0. The van der Waals surface area contributed by atoms with E-state index in [-0.39, 0.29) is 0 Å². The lowest BCUT2D eigenvalue weighted by molar-refractivity contribution is -0.0718. The zero-order chi connectivity index (χ0) is 15.7. The lowest BCUT2D eigenvalue weighted by Crippen LogP contribution is -2.63. The molecule has 2 unspecified atom stereocenters. The van der Waals surface area contributed by atoms with Crippen LogP contribution in [0, 0.1) is 11.8 Å². The third-order valence-corrected chi connectivity index (χ3v) is 5.96. The van der Waals surface area contributed by atoms with Crippen LogP contribution < -0.4 is 0 Å². The van der Waals surface area contributed by atoms with E-state index in [2.05, 4.69) is 9.80 Å². The molecule has 4 aliphatic heterocycles. The first-order valence-electron chi connectivity index (χ1n) is 8.60. The van der Waals surface area contributed by atoms with Crippen LogP contribution in [0.2, 0.25) is 0 Å². The van der Waals surface area contributed by atoms with Crippen LogP contribution in [-0.2, 0) is 10.4 Å². The molecule has 4 saturated heterocycles. The fourth-order valence-electron chi connectivity index (χ4n) is 5.25. The molecule has 2 bridgehead atoms. The average Bonchev–Trinajstić information content (AvgIpc) is 2.46. The van der Waals surface area contributed by atoms with E-state index in [1.54, 1.807) is 6.42 Å². The summed E-state index contributed by atoms with van der Waals surface area (Å²) in [6.45, 7) is 5.68. The molecular formula is C15H28N2O4S. The fraction of sp³-hybridized carbons (Fsp3) is 1.00. The number of hydrogen-bond donors (Lipinski definition) is 2. The van der Waals surface area contributed by atoms with Crippen molar-refractivity contribution in [1.29, 1.82) is 0 Å². The van der Waals surface area contributed by atoms with Crippen LogP contribution in [0.15, 0.2) is 0 Å². The molecule has 0 aliphatic carbocycles. The SMILES string of the molecule is C1CCN2CC3CC(CN4CCCC[C@@H]34)[C@H]2C1.O=S(=O)(O)O. The van der Waals surface area contributed by atoms with Gasteiger partial charge in [-0.25, -0.2) is 0 Å². The van der Waals surface area contributed by atoms with Gasteiger partial charge in [0.15, 0.2) is 0 Å². The minimum Gasteiger partial charge on any atom is -0.300 e. The van der Waals surface area contributed by atoms with Crippen molar-refractivity contribution in [3.05, 3.63) is 0 Å². The van der Waals surface area contributed by atoms with E-state index in [0.717, 1.165) is 23.9 Å². The first-order chi connectivity index (χ1) is 10.4. The second kappa shape index (κ2) is 6.73. The van der Waals surface area contributed by atoms with Crippen LogP contribution in [0.5, 0.6) is 0 Å². The van der Waals surface area contributed by atoms with Crippen molar-refractivity contribution in [3.8, 4) is 0 Å². The van der Waals surface area contributed by atoms with Crippen molar-refractivity contribution in [2.45, 2.75) is 57.0 Å². The van der Waals surface area contributed by atoms with Crippen LogP contribution in [-0.4, -0.2) is 65.6 Å². The first kappa shape index (κ1) is 16.6. The zero-order valence-electron chi connectivity index (χ0n) is 13.1. The molecule has 7 heteroatoms. The maximum atomic E-state index is 8.74. The Kier molecular flexibility index (Phi) is 5.09. The van der Waals surface area contributed by atoms with Crippen molar-refractivity contribution in [3.63, 3.8) is 0 Å². The lowest BCUT2D eigenvalue weighted by Gasteiger charge is -2.57. The maximum Gasteiger partial charge on any atom is 0.394 e. The van der Waals surface area contributed by atoms with Crippen LogP contribution in [0.1, 0.15) is 44.9 Å². The highest BCUT2D eigenvalue weighted by Gasteiger charge is 2.46. The summed E-state index contributed by atoms with van der Waals surface area (Å²) in [6.07, 6.45) is 10.5. The molecule has 4 rings (SSSR count). The van der Waals surface area contributed by atoms with Gasteiger partial charge in [0.1, 0.15) is 0 Å². The molecule has 22 heavy (non-hydrogen) atoms. The molecule has 0 saturated carbocycles. The van der Waals surface area contributed by atoms with Gasteiger partial charge in [0, 0.05) is 25.2 Å². The topological polar surface area (TPSA) is 81.1 Å². The molecule has 0 amide bonds. The highest BCUT2D eigenvalue weighted by molar-refractivity contribution is 7.79. The summed E-state index contributed by atoms with van der Waals surface area (Å²) in [5, 5.41) is 0. The fourth-order valence-corrected chi connectivity index (χ4v) is 5.25. The zero-order valence-corrected chi connectivity index (χ0v) is 13.9. The molecule has 0 radical (unpaired) electrons. The molecule has 6 nitrogen and oxygen atoms in total. The minimum atomic E-state index is -4.67. The van der Waals surface area contributed by atoms with Gasteiger partial charge >= 0.3 is 10.4 Å². The van der Waals surface area contributed by atoms with Crippen molar-refractivity contribution in [1.82, 2.24) is 9.80 Å². The van der Waals surface area contributed by atoms with Gasteiger partial charge < -0.3 is 0 Å². The smallest absolute Gasteiger partial charge is 0.300 e. The molecule has 4 atom stereocenters. The number of fused-ring (bicyclic) bond motifs is 6. The van der Waals surface area contributed by atoms with Gasteiger partial charge in [-0.05, 0) is 57.0 Å². The van der Waals surface area contributed by atoms with Gasteiger partial charge in [-0.1, -0.05) is 12.8 Å². The molecule has 4 aliphatic rings. The van der Waals surface area contributed by atoms with Gasteiger partial charge in [0.2, 0.25) is 0 Å².